The number of nitrogens with one attached hydrogen (secondary N) is 1. The summed E-state index contributed by atoms with van der Waals surface area (Å²) < 4.78 is 0. The van der Waals surface area contributed by atoms with Crippen molar-refractivity contribution in [2.75, 3.05) is 0 Å². The first-order chi connectivity index (χ1) is 9.66. The number of aliphatic hydroxyl groups excluding tert-OH is 1. The van der Waals surface area contributed by atoms with Gasteiger partial charge in [-0.2, -0.15) is 0 Å². The van der Waals surface area contributed by atoms with Gasteiger partial charge in [-0.05, 0) is 43.5 Å². The van der Waals surface area contributed by atoms with Crippen LogP contribution in [0, 0.1) is 0 Å². The molecule has 0 spiro atoms. The van der Waals surface area contributed by atoms with Gasteiger partial charge in [0.15, 0.2) is 0 Å². The molecule has 0 aliphatic heterocycles. The van der Waals surface area contributed by atoms with Crippen molar-refractivity contribution in [3.05, 3.63) is 66.0 Å². The lowest BCUT2D eigenvalue weighted by atomic mass is 10.0. The summed E-state index contributed by atoms with van der Waals surface area (Å²) in [6.07, 6.45) is 3.87. The Bertz CT molecular complexity index is 453. The zero-order valence-corrected chi connectivity index (χ0v) is 12.0. The number of hydrogen-bond donors (Lipinski definition) is 2. The number of rotatable bonds is 6. The summed E-state index contributed by atoms with van der Waals surface area (Å²) in [7, 11) is 0. The second-order valence-corrected chi connectivity index (χ2v) is 5.23. The zero-order chi connectivity index (χ0) is 14.4. The van der Waals surface area contributed by atoms with Crippen LogP contribution in [0.2, 0.25) is 0 Å². The SMILES string of the molecule is CC(CC(O)c1ccccc1)NC(C)c1ccncc1. The van der Waals surface area contributed by atoms with E-state index in [0.717, 1.165) is 5.56 Å². The van der Waals surface area contributed by atoms with Gasteiger partial charge >= 0.3 is 0 Å². The second-order valence-electron chi connectivity index (χ2n) is 5.23. The predicted octanol–water partition coefficient (Wildman–Crippen LogP) is 3.24. The third-order valence-electron chi connectivity index (χ3n) is 3.50. The molecule has 3 heteroatoms. The Morgan fingerprint density at radius 2 is 1.65 bits per heavy atom. The summed E-state index contributed by atoms with van der Waals surface area (Å²) in [5, 5.41) is 13.7. The van der Waals surface area contributed by atoms with Crippen molar-refractivity contribution in [2.45, 2.75) is 38.5 Å². The van der Waals surface area contributed by atoms with Gasteiger partial charge in [-0.1, -0.05) is 30.3 Å². The molecule has 3 atom stereocenters. The zero-order valence-electron chi connectivity index (χ0n) is 12.0. The average Bonchev–Trinajstić information content (AvgIpc) is 2.49. The highest BCUT2D eigenvalue weighted by atomic mass is 16.3. The topological polar surface area (TPSA) is 45.1 Å². The summed E-state index contributed by atoms with van der Waals surface area (Å²) in [4.78, 5) is 4.03. The number of aliphatic hydroxyl groups is 1. The normalized spacial score (nSPS) is 15.6. The molecule has 0 aliphatic carbocycles. The molecule has 3 nitrogen and oxygen atoms in total. The molecular weight excluding hydrogens is 248 g/mol. The lowest BCUT2D eigenvalue weighted by Gasteiger charge is -2.22. The van der Waals surface area contributed by atoms with E-state index in [1.165, 1.54) is 5.56 Å². The van der Waals surface area contributed by atoms with Gasteiger partial charge in [0.05, 0.1) is 6.10 Å². The van der Waals surface area contributed by atoms with Crippen LogP contribution in [-0.4, -0.2) is 16.1 Å². The molecule has 1 aromatic heterocycles. The Balaban J connectivity index is 1.88. The molecule has 0 saturated heterocycles. The fourth-order valence-corrected chi connectivity index (χ4v) is 2.39. The fraction of sp³-hybridized carbons (Fsp3) is 0.353. The Morgan fingerprint density at radius 1 is 1.00 bits per heavy atom. The Hall–Kier alpha value is -1.71. The first kappa shape index (κ1) is 14.7. The second kappa shape index (κ2) is 7.17. The van der Waals surface area contributed by atoms with Gasteiger partial charge in [-0.3, -0.25) is 4.98 Å². The lowest BCUT2D eigenvalue weighted by Crippen LogP contribution is -2.30. The molecule has 0 bridgehead atoms. The maximum atomic E-state index is 10.2. The highest BCUT2D eigenvalue weighted by Crippen LogP contribution is 2.19. The number of pyridine rings is 1. The Morgan fingerprint density at radius 3 is 2.30 bits per heavy atom. The van der Waals surface area contributed by atoms with Crippen LogP contribution >= 0.6 is 0 Å². The van der Waals surface area contributed by atoms with Crippen LogP contribution < -0.4 is 5.32 Å². The van der Waals surface area contributed by atoms with E-state index in [1.807, 2.05) is 42.5 Å². The largest absolute Gasteiger partial charge is 0.388 e. The van der Waals surface area contributed by atoms with Crippen molar-refractivity contribution in [3.8, 4) is 0 Å². The van der Waals surface area contributed by atoms with Gasteiger partial charge in [0.25, 0.3) is 0 Å². The smallest absolute Gasteiger partial charge is 0.0804 e. The third-order valence-corrected chi connectivity index (χ3v) is 3.50. The van der Waals surface area contributed by atoms with Gasteiger partial charge in [-0.25, -0.2) is 0 Å². The van der Waals surface area contributed by atoms with E-state index in [0.29, 0.717) is 6.42 Å². The molecule has 20 heavy (non-hydrogen) atoms. The van der Waals surface area contributed by atoms with Crippen LogP contribution in [0.4, 0.5) is 0 Å². The van der Waals surface area contributed by atoms with Crippen LogP contribution in [0.3, 0.4) is 0 Å². The van der Waals surface area contributed by atoms with Crippen molar-refractivity contribution >= 4 is 0 Å². The molecule has 1 heterocycles. The van der Waals surface area contributed by atoms with E-state index < -0.39 is 6.10 Å². The standard InChI is InChI=1S/C17H22N2O/c1-13(12-17(20)16-6-4-3-5-7-16)19-14(2)15-8-10-18-11-9-15/h3-11,13-14,17,19-20H,12H2,1-2H3. The third kappa shape index (κ3) is 4.15. The first-order valence-corrected chi connectivity index (χ1v) is 7.06. The van der Waals surface area contributed by atoms with Crippen molar-refractivity contribution in [2.24, 2.45) is 0 Å². The fourth-order valence-electron chi connectivity index (χ4n) is 2.39. The minimum atomic E-state index is -0.427. The van der Waals surface area contributed by atoms with E-state index in [4.69, 9.17) is 0 Å². The van der Waals surface area contributed by atoms with E-state index in [1.54, 1.807) is 12.4 Å². The minimum Gasteiger partial charge on any atom is -0.388 e. The van der Waals surface area contributed by atoms with E-state index in [-0.39, 0.29) is 12.1 Å². The summed E-state index contributed by atoms with van der Waals surface area (Å²) >= 11 is 0. The van der Waals surface area contributed by atoms with Gasteiger partial charge in [0.2, 0.25) is 0 Å². The monoisotopic (exact) mass is 270 g/mol. The lowest BCUT2D eigenvalue weighted by molar-refractivity contribution is 0.152. The molecule has 0 amide bonds. The summed E-state index contributed by atoms with van der Waals surface area (Å²) in [5.41, 5.74) is 2.18. The molecule has 2 aromatic rings. The quantitative estimate of drug-likeness (QED) is 0.847. The van der Waals surface area contributed by atoms with E-state index >= 15 is 0 Å². The van der Waals surface area contributed by atoms with Crippen molar-refractivity contribution in [1.29, 1.82) is 0 Å². The number of hydrogen-bond acceptors (Lipinski definition) is 3. The predicted molar refractivity (Wildman–Crippen MR) is 81.3 cm³/mol. The highest BCUT2D eigenvalue weighted by Gasteiger charge is 2.14. The van der Waals surface area contributed by atoms with Gasteiger partial charge in [-0.15, -0.1) is 0 Å². The van der Waals surface area contributed by atoms with Crippen LogP contribution in [0.25, 0.3) is 0 Å². The van der Waals surface area contributed by atoms with Crippen LogP contribution in [0.1, 0.15) is 43.5 Å². The average molecular weight is 270 g/mol. The highest BCUT2D eigenvalue weighted by molar-refractivity contribution is 5.18. The molecule has 1 aromatic carbocycles. The molecule has 0 aliphatic rings. The Kier molecular flexibility index (Phi) is 5.27. The van der Waals surface area contributed by atoms with Crippen LogP contribution in [-0.2, 0) is 0 Å². The van der Waals surface area contributed by atoms with Crippen molar-refractivity contribution in [1.82, 2.24) is 10.3 Å². The number of aromatic nitrogens is 1. The van der Waals surface area contributed by atoms with Crippen molar-refractivity contribution in [3.63, 3.8) is 0 Å². The van der Waals surface area contributed by atoms with Gasteiger partial charge in [0.1, 0.15) is 0 Å². The molecular formula is C17H22N2O. The summed E-state index contributed by atoms with van der Waals surface area (Å²) in [6, 6.07) is 14.3. The summed E-state index contributed by atoms with van der Waals surface area (Å²) in [5.74, 6) is 0. The molecule has 106 valence electrons. The summed E-state index contributed by atoms with van der Waals surface area (Å²) in [6.45, 7) is 4.23. The van der Waals surface area contributed by atoms with Gasteiger partial charge in [0, 0.05) is 24.5 Å². The number of benzene rings is 1. The maximum absolute atomic E-state index is 10.2. The molecule has 0 saturated carbocycles. The molecule has 0 fully saturated rings. The molecule has 0 radical (unpaired) electrons. The number of nitrogens with zero attached hydrogens (tertiary/aromatic N) is 1. The Labute approximate surface area is 120 Å². The molecule has 2 rings (SSSR count). The maximum Gasteiger partial charge on any atom is 0.0804 e. The van der Waals surface area contributed by atoms with Crippen LogP contribution in [0.5, 0.6) is 0 Å². The van der Waals surface area contributed by atoms with E-state index in [2.05, 4.69) is 24.1 Å². The molecule has 3 unspecified atom stereocenters. The molecule has 2 N–H and O–H groups in total. The van der Waals surface area contributed by atoms with E-state index in [9.17, 15) is 5.11 Å². The minimum absolute atomic E-state index is 0.230. The van der Waals surface area contributed by atoms with Crippen LogP contribution in [0.15, 0.2) is 54.9 Å². The van der Waals surface area contributed by atoms with Gasteiger partial charge < -0.3 is 10.4 Å². The first-order valence-electron chi connectivity index (χ1n) is 7.06. The van der Waals surface area contributed by atoms with Crippen molar-refractivity contribution < 1.29 is 5.11 Å².